The maximum atomic E-state index is 13.5. The molecule has 41 heavy (non-hydrogen) atoms. The maximum Gasteiger partial charge on any atom is 0.324 e. The number of ether oxygens (including phenoxy) is 1. The quantitative estimate of drug-likeness (QED) is 0.362. The van der Waals surface area contributed by atoms with E-state index in [9.17, 15) is 14.4 Å². The van der Waals surface area contributed by atoms with Crippen LogP contribution in [0.1, 0.15) is 54.3 Å². The highest BCUT2D eigenvalue weighted by Crippen LogP contribution is 2.38. The summed E-state index contributed by atoms with van der Waals surface area (Å²) < 4.78 is 5.15. The van der Waals surface area contributed by atoms with Crippen LogP contribution in [-0.2, 0) is 20.9 Å². The van der Waals surface area contributed by atoms with Crippen molar-refractivity contribution in [2.24, 2.45) is 11.7 Å². The van der Waals surface area contributed by atoms with E-state index in [2.05, 4.69) is 22.4 Å². The Morgan fingerprint density at radius 1 is 1.02 bits per heavy atom. The van der Waals surface area contributed by atoms with Crippen LogP contribution in [0.5, 0.6) is 0 Å². The molecule has 9 nitrogen and oxygen atoms in total. The van der Waals surface area contributed by atoms with Crippen LogP contribution in [0.25, 0.3) is 0 Å². The third kappa shape index (κ3) is 7.70. The van der Waals surface area contributed by atoms with Gasteiger partial charge in [0.25, 0.3) is 0 Å². The van der Waals surface area contributed by atoms with Crippen molar-refractivity contribution in [3.05, 3.63) is 95.8 Å². The number of amides is 4. The number of para-hydroxylation sites is 1. The van der Waals surface area contributed by atoms with Gasteiger partial charge in [-0.2, -0.15) is 0 Å². The van der Waals surface area contributed by atoms with Gasteiger partial charge < -0.3 is 20.7 Å². The van der Waals surface area contributed by atoms with Crippen molar-refractivity contribution in [1.82, 2.24) is 15.2 Å². The van der Waals surface area contributed by atoms with Crippen LogP contribution in [0.4, 0.5) is 10.5 Å². The summed E-state index contributed by atoms with van der Waals surface area (Å²) in [5.74, 6) is -1.04. The topological polar surface area (TPSA) is 118 Å². The number of carbonyl (C=O) groups excluding carboxylic acids is 3. The molecule has 9 heteroatoms. The normalized spacial score (nSPS) is 17.3. The summed E-state index contributed by atoms with van der Waals surface area (Å²) in [5, 5.41) is 2.88. The van der Waals surface area contributed by atoms with Gasteiger partial charge in [-0.1, -0.05) is 61.4 Å². The van der Waals surface area contributed by atoms with Crippen LogP contribution in [-0.4, -0.2) is 55.0 Å². The van der Waals surface area contributed by atoms with Gasteiger partial charge in [0, 0.05) is 50.3 Å². The number of nitrogens with zero attached hydrogens (tertiary/aromatic N) is 3. The summed E-state index contributed by atoms with van der Waals surface area (Å²) in [4.78, 5) is 46.4. The summed E-state index contributed by atoms with van der Waals surface area (Å²) in [7, 11) is 3.39. The predicted molar refractivity (Wildman–Crippen MR) is 158 cm³/mol. The van der Waals surface area contributed by atoms with Crippen LogP contribution in [0.2, 0.25) is 0 Å². The monoisotopic (exact) mass is 557 g/mol. The molecule has 0 saturated heterocycles. The van der Waals surface area contributed by atoms with E-state index >= 15 is 0 Å². The van der Waals surface area contributed by atoms with Gasteiger partial charge in [-0.05, 0) is 48.1 Å². The van der Waals surface area contributed by atoms with Gasteiger partial charge in [0.15, 0.2) is 0 Å². The lowest BCUT2D eigenvalue weighted by Gasteiger charge is -2.32. The molecule has 0 radical (unpaired) electrons. The minimum Gasteiger partial charge on any atom is -0.383 e. The van der Waals surface area contributed by atoms with E-state index in [1.54, 1.807) is 48.5 Å². The minimum absolute atomic E-state index is 0.0206. The van der Waals surface area contributed by atoms with Gasteiger partial charge in [0.05, 0.1) is 13.2 Å². The summed E-state index contributed by atoms with van der Waals surface area (Å²) in [6, 6.07) is 20.2. The smallest absolute Gasteiger partial charge is 0.324 e. The number of rotatable bonds is 11. The number of hydrogen-bond donors (Lipinski definition) is 2. The number of likely N-dealkylation sites (N-methyl/N-ethyl adjacent to an activating group) is 1. The molecule has 1 saturated carbocycles. The van der Waals surface area contributed by atoms with Gasteiger partial charge >= 0.3 is 6.03 Å². The number of anilines is 1. The van der Waals surface area contributed by atoms with E-state index in [4.69, 9.17) is 10.5 Å². The first-order valence-electron chi connectivity index (χ1n) is 14.0. The van der Waals surface area contributed by atoms with E-state index in [0.717, 1.165) is 42.5 Å². The molecule has 3 unspecified atom stereocenters. The number of pyridine rings is 1. The average Bonchev–Trinajstić information content (AvgIpc) is 3.01. The number of carbonyl (C=O) groups is 3. The summed E-state index contributed by atoms with van der Waals surface area (Å²) >= 11 is 0. The third-order valence-corrected chi connectivity index (χ3v) is 7.70. The Balaban J connectivity index is 1.50. The Kier molecular flexibility index (Phi) is 10.5. The molecule has 0 spiro atoms. The Bertz CT molecular complexity index is 1290. The fourth-order valence-electron chi connectivity index (χ4n) is 5.42. The van der Waals surface area contributed by atoms with Gasteiger partial charge in [0.2, 0.25) is 11.8 Å². The van der Waals surface area contributed by atoms with E-state index in [-0.39, 0.29) is 23.8 Å². The van der Waals surface area contributed by atoms with Crippen molar-refractivity contribution in [3.8, 4) is 0 Å². The fourth-order valence-corrected chi connectivity index (χ4v) is 5.42. The minimum atomic E-state index is -0.926. The largest absolute Gasteiger partial charge is 0.383 e. The number of urea groups is 1. The number of primary amides is 1. The molecule has 4 amide bonds. The van der Waals surface area contributed by atoms with E-state index in [0.29, 0.717) is 25.3 Å². The lowest BCUT2D eigenvalue weighted by molar-refractivity contribution is -0.131. The zero-order valence-corrected chi connectivity index (χ0v) is 23.7. The zero-order valence-electron chi connectivity index (χ0n) is 23.7. The number of aromatic nitrogens is 1. The molecule has 1 aliphatic carbocycles. The molecule has 1 fully saturated rings. The standard InChI is InChI=1S/C32H39N5O4/c1-36(19-20-41-2)32(40)37(26-10-4-3-5-11-26)22-23-14-16-24(17-15-23)27-12-6-7-13-28(27)31(39)35-29(30(33)38)25-9-8-18-34-21-25/h3-5,8-11,14-18,21,27-29H,6-7,12-13,19-20,22H2,1-2H3,(H2,33,38)(H,35,39). The first-order chi connectivity index (χ1) is 19.9. The Morgan fingerprint density at radius 3 is 2.41 bits per heavy atom. The van der Waals surface area contributed by atoms with Crippen molar-refractivity contribution in [2.75, 3.05) is 32.2 Å². The number of methoxy groups -OCH3 is 1. The van der Waals surface area contributed by atoms with E-state index in [1.807, 2.05) is 42.5 Å². The van der Waals surface area contributed by atoms with Gasteiger partial charge in [-0.15, -0.1) is 0 Å². The molecule has 4 rings (SSSR count). The second-order valence-electron chi connectivity index (χ2n) is 10.5. The van der Waals surface area contributed by atoms with Crippen molar-refractivity contribution in [2.45, 2.75) is 44.2 Å². The predicted octanol–water partition coefficient (Wildman–Crippen LogP) is 4.40. The number of benzene rings is 2. The molecule has 2 aromatic carbocycles. The molecule has 3 atom stereocenters. The molecule has 0 aliphatic heterocycles. The molecule has 3 aromatic rings. The Morgan fingerprint density at radius 2 is 1.76 bits per heavy atom. The fraction of sp³-hybridized carbons (Fsp3) is 0.375. The number of nitrogens with two attached hydrogens (primary N) is 1. The first kappa shape index (κ1) is 29.7. The van der Waals surface area contributed by atoms with Crippen LogP contribution in [0.15, 0.2) is 79.1 Å². The molecule has 1 aliphatic rings. The van der Waals surface area contributed by atoms with Crippen LogP contribution in [0, 0.1) is 5.92 Å². The molecule has 0 bridgehead atoms. The van der Waals surface area contributed by atoms with Gasteiger partial charge in [0.1, 0.15) is 6.04 Å². The maximum absolute atomic E-state index is 13.5. The number of hydrogen-bond acceptors (Lipinski definition) is 5. The van der Waals surface area contributed by atoms with Crippen molar-refractivity contribution < 1.29 is 19.1 Å². The van der Waals surface area contributed by atoms with Gasteiger partial charge in [-0.25, -0.2) is 4.79 Å². The van der Waals surface area contributed by atoms with Crippen molar-refractivity contribution in [3.63, 3.8) is 0 Å². The van der Waals surface area contributed by atoms with Gasteiger partial charge in [-0.3, -0.25) is 19.5 Å². The highest BCUT2D eigenvalue weighted by atomic mass is 16.5. The second-order valence-corrected chi connectivity index (χ2v) is 10.5. The SMILES string of the molecule is COCCN(C)C(=O)N(Cc1ccc(C2CCCCC2C(=O)NC(C(N)=O)c2cccnc2)cc1)c1ccccc1. The molecular formula is C32H39N5O4. The lowest BCUT2D eigenvalue weighted by Crippen LogP contribution is -2.42. The summed E-state index contributed by atoms with van der Waals surface area (Å²) in [5.41, 5.74) is 9.06. The van der Waals surface area contributed by atoms with Crippen molar-refractivity contribution in [1.29, 1.82) is 0 Å². The summed E-state index contributed by atoms with van der Waals surface area (Å²) in [6.07, 6.45) is 6.75. The third-order valence-electron chi connectivity index (χ3n) is 7.70. The highest BCUT2D eigenvalue weighted by Gasteiger charge is 2.34. The average molecular weight is 558 g/mol. The van der Waals surface area contributed by atoms with Crippen molar-refractivity contribution >= 4 is 23.5 Å². The molecule has 1 heterocycles. The van der Waals surface area contributed by atoms with Crippen LogP contribution >= 0.6 is 0 Å². The summed E-state index contributed by atoms with van der Waals surface area (Å²) in [6.45, 7) is 1.35. The first-order valence-corrected chi connectivity index (χ1v) is 14.0. The van der Waals surface area contributed by atoms with Crippen LogP contribution in [0.3, 0.4) is 0 Å². The Hall–Kier alpha value is -4.24. The zero-order chi connectivity index (χ0) is 29.2. The number of nitrogens with one attached hydrogen (secondary N) is 1. The molecule has 3 N–H and O–H groups in total. The molecule has 216 valence electrons. The van der Waals surface area contributed by atoms with E-state index < -0.39 is 11.9 Å². The van der Waals surface area contributed by atoms with Crippen LogP contribution < -0.4 is 16.0 Å². The van der Waals surface area contributed by atoms with E-state index in [1.165, 1.54) is 0 Å². The molecule has 1 aromatic heterocycles. The Labute approximate surface area is 241 Å². The highest BCUT2D eigenvalue weighted by molar-refractivity contribution is 5.92. The molecular weight excluding hydrogens is 518 g/mol. The second kappa shape index (κ2) is 14.4. The lowest BCUT2D eigenvalue weighted by atomic mass is 9.74.